The molecule has 0 saturated carbocycles. The van der Waals surface area contributed by atoms with Crippen LogP contribution in [0.3, 0.4) is 0 Å². The SMILES string of the molecule is C=[C]C(CCCCCCCCCCCCCC=O)C1(CC)CCO1. The fraction of sp³-hybridized carbons (Fsp3) is 0.864. The van der Waals surface area contributed by atoms with E-state index in [-0.39, 0.29) is 5.60 Å². The maximum atomic E-state index is 10.2. The second-order valence-corrected chi connectivity index (χ2v) is 7.41. The minimum Gasteiger partial charge on any atom is -0.374 e. The highest BCUT2D eigenvalue weighted by atomic mass is 16.5. The van der Waals surface area contributed by atoms with Crippen LogP contribution in [0.5, 0.6) is 0 Å². The number of carbonyl (C=O) groups is 1. The van der Waals surface area contributed by atoms with E-state index in [9.17, 15) is 4.79 Å². The molecule has 0 amide bonds. The summed E-state index contributed by atoms with van der Waals surface area (Å²) >= 11 is 0. The molecule has 0 aromatic carbocycles. The summed E-state index contributed by atoms with van der Waals surface area (Å²) in [6.07, 6.45) is 22.9. The number of hydrogen-bond acceptors (Lipinski definition) is 2. The molecule has 1 radical (unpaired) electrons. The highest BCUT2D eigenvalue weighted by Crippen LogP contribution is 2.40. The molecule has 139 valence electrons. The number of ether oxygens (including phenoxy) is 1. The van der Waals surface area contributed by atoms with Crippen LogP contribution in [-0.2, 0) is 9.53 Å². The van der Waals surface area contributed by atoms with E-state index in [1.54, 1.807) is 0 Å². The standard InChI is InChI=1S/C22H39O2/c1-3-21(22(4-2)18-20-24-22)17-15-13-11-9-7-5-6-8-10-12-14-16-19-23/h19,21H,1,4-18,20H2,2H3. The van der Waals surface area contributed by atoms with Crippen LogP contribution in [0.1, 0.15) is 103 Å². The third-order valence-corrected chi connectivity index (χ3v) is 5.71. The average molecular weight is 336 g/mol. The smallest absolute Gasteiger partial charge is 0.119 e. The number of unbranched alkanes of at least 4 members (excludes halogenated alkanes) is 11. The molecule has 1 aliphatic heterocycles. The molecule has 2 unspecified atom stereocenters. The molecule has 0 aliphatic carbocycles. The molecule has 0 bridgehead atoms. The first kappa shape index (κ1) is 21.4. The van der Waals surface area contributed by atoms with Crippen LogP contribution in [-0.4, -0.2) is 18.5 Å². The van der Waals surface area contributed by atoms with Gasteiger partial charge in [0.1, 0.15) is 6.29 Å². The first-order valence-corrected chi connectivity index (χ1v) is 10.4. The fourth-order valence-electron chi connectivity index (χ4n) is 3.88. The number of rotatable bonds is 17. The van der Waals surface area contributed by atoms with Crippen molar-refractivity contribution in [2.75, 3.05) is 6.61 Å². The van der Waals surface area contributed by atoms with Crippen molar-refractivity contribution in [1.82, 2.24) is 0 Å². The van der Waals surface area contributed by atoms with Crippen molar-refractivity contribution in [2.45, 2.75) is 109 Å². The van der Waals surface area contributed by atoms with E-state index < -0.39 is 0 Å². The van der Waals surface area contributed by atoms with Gasteiger partial charge in [-0.25, -0.2) is 0 Å². The largest absolute Gasteiger partial charge is 0.374 e. The van der Waals surface area contributed by atoms with Gasteiger partial charge in [0.15, 0.2) is 0 Å². The lowest BCUT2D eigenvalue weighted by atomic mass is 9.76. The first-order valence-electron chi connectivity index (χ1n) is 10.4. The normalized spacial score (nSPS) is 21.2. The lowest BCUT2D eigenvalue weighted by Gasteiger charge is -2.46. The van der Waals surface area contributed by atoms with E-state index in [0.717, 1.165) is 32.2 Å². The predicted molar refractivity (Wildman–Crippen MR) is 102 cm³/mol. The fourth-order valence-corrected chi connectivity index (χ4v) is 3.88. The summed E-state index contributed by atoms with van der Waals surface area (Å²) in [5.74, 6) is 0.426. The van der Waals surface area contributed by atoms with Crippen LogP contribution in [0.25, 0.3) is 0 Å². The topological polar surface area (TPSA) is 26.3 Å². The van der Waals surface area contributed by atoms with Crippen LogP contribution in [0, 0.1) is 12.0 Å². The lowest BCUT2D eigenvalue weighted by Crippen LogP contribution is -2.49. The maximum absolute atomic E-state index is 10.2. The summed E-state index contributed by atoms with van der Waals surface area (Å²) in [6, 6.07) is 0. The van der Waals surface area contributed by atoms with Crippen LogP contribution in [0.4, 0.5) is 0 Å². The van der Waals surface area contributed by atoms with E-state index >= 15 is 0 Å². The summed E-state index contributed by atoms with van der Waals surface area (Å²) in [5, 5.41) is 0. The van der Waals surface area contributed by atoms with Crippen LogP contribution in [0.15, 0.2) is 6.58 Å². The molecule has 0 N–H and O–H groups in total. The van der Waals surface area contributed by atoms with Gasteiger partial charge in [-0.1, -0.05) is 77.7 Å². The van der Waals surface area contributed by atoms with Gasteiger partial charge in [-0.2, -0.15) is 0 Å². The van der Waals surface area contributed by atoms with Crippen molar-refractivity contribution >= 4 is 6.29 Å². The predicted octanol–water partition coefficient (Wildman–Crippen LogP) is 6.43. The Balaban J connectivity index is 1.88. The maximum Gasteiger partial charge on any atom is 0.119 e. The number of hydrogen-bond donors (Lipinski definition) is 0. The van der Waals surface area contributed by atoms with E-state index in [0.29, 0.717) is 5.92 Å². The molecule has 1 rings (SSSR count). The van der Waals surface area contributed by atoms with Crippen molar-refractivity contribution < 1.29 is 9.53 Å². The highest BCUT2D eigenvalue weighted by Gasteiger charge is 2.42. The second kappa shape index (κ2) is 13.6. The number of aldehydes is 1. The summed E-state index contributed by atoms with van der Waals surface area (Å²) in [7, 11) is 0. The van der Waals surface area contributed by atoms with E-state index in [1.807, 2.05) is 0 Å². The molecule has 1 aliphatic rings. The van der Waals surface area contributed by atoms with Gasteiger partial charge in [0.25, 0.3) is 0 Å². The summed E-state index contributed by atoms with van der Waals surface area (Å²) in [5.41, 5.74) is 0.0769. The van der Waals surface area contributed by atoms with Crippen molar-refractivity contribution in [3.05, 3.63) is 12.7 Å². The van der Waals surface area contributed by atoms with Crippen LogP contribution >= 0.6 is 0 Å². The average Bonchev–Trinajstić information content (AvgIpc) is 2.56. The molecule has 0 spiro atoms. The molecular formula is C22H39O2. The molecule has 1 fully saturated rings. The van der Waals surface area contributed by atoms with Crippen molar-refractivity contribution in [2.24, 2.45) is 5.92 Å². The summed E-state index contributed by atoms with van der Waals surface area (Å²) in [4.78, 5) is 10.2. The van der Waals surface area contributed by atoms with Crippen LogP contribution < -0.4 is 0 Å². The molecule has 1 heterocycles. The first-order chi connectivity index (χ1) is 11.8. The van der Waals surface area contributed by atoms with E-state index in [1.165, 1.54) is 77.0 Å². The van der Waals surface area contributed by atoms with E-state index in [2.05, 4.69) is 19.6 Å². The van der Waals surface area contributed by atoms with Gasteiger partial charge in [-0.3, -0.25) is 0 Å². The van der Waals surface area contributed by atoms with Gasteiger partial charge < -0.3 is 9.53 Å². The molecule has 0 aromatic heterocycles. The Morgan fingerprint density at radius 1 is 1.00 bits per heavy atom. The Kier molecular flexibility index (Phi) is 12.2. The zero-order chi connectivity index (χ0) is 17.5. The third-order valence-electron chi connectivity index (χ3n) is 5.71. The quantitative estimate of drug-likeness (QED) is 0.226. The molecule has 0 aromatic rings. The number of carbonyl (C=O) groups excluding carboxylic acids is 1. The monoisotopic (exact) mass is 335 g/mol. The van der Waals surface area contributed by atoms with Crippen molar-refractivity contribution in [1.29, 1.82) is 0 Å². The molecule has 2 atom stereocenters. The lowest BCUT2D eigenvalue weighted by molar-refractivity contribution is -0.176. The third kappa shape index (κ3) is 7.96. The van der Waals surface area contributed by atoms with Gasteiger partial charge in [-0.15, -0.1) is 0 Å². The van der Waals surface area contributed by atoms with Gasteiger partial charge in [0, 0.05) is 18.8 Å². The molecule has 24 heavy (non-hydrogen) atoms. The molecular weight excluding hydrogens is 296 g/mol. The Labute approximate surface area is 150 Å². The Bertz CT molecular complexity index is 314. The Morgan fingerprint density at radius 2 is 1.50 bits per heavy atom. The minimum absolute atomic E-state index is 0.0769. The van der Waals surface area contributed by atoms with Crippen LogP contribution in [0.2, 0.25) is 0 Å². The van der Waals surface area contributed by atoms with Gasteiger partial charge in [-0.05, 0) is 25.3 Å². The van der Waals surface area contributed by atoms with Gasteiger partial charge in [0.05, 0.1) is 12.2 Å². The second-order valence-electron chi connectivity index (χ2n) is 7.41. The van der Waals surface area contributed by atoms with E-state index in [4.69, 9.17) is 4.74 Å². The molecule has 2 heteroatoms. The van der Waals surface area contributed by atoms with Crippen molar-refractivity contribution in [3.63, 3.8) is 0 Å². The Morgan fingerprint density at radius 3 is 1.88 bits per heavy atom. The summed E-state index contributed by atoms with van der Waals surface area (Å²) in [6.45, 7) is 7.06. The van der Waals surface area contributed by atoms with Gasteiger partial charge in [0.2, 0.25) is 0 Å². The highest BCUT2D eigenvalue weighted by molar-refractivity contribution is 5.48. The molecule has 1 saturated heterocycles. The summed E-state index contributed by atoms with van der Waals surface area (Å²) < 4.78 is 5.86. The van der Waals surface area contributed by atoms with Crippen molar-refractivity contribution in [3.8, 4) is 0 Å². The minimum atomic E-state index is 0.0769. The van der Waals surface area contributed by atoms with Gasteiger partial charge >= 0.3 is 0 Å². The zero-order valence-electron chi connectivity index (χ0n) is 16.0. The Hall–Kier alpha value is -0.630. The molecule has 2 nitrogen and oxygen atoms in total. The zero-order valence-corrected chi connectivity index (χ0v) is 16.0.